The van der Waals surface area contributed by atoms with Gasteiger partial charge >= 0.3 is 5.97 Å². The van der Waals surface area contributed by atoms with Crippen LogP contribution >= 0.6 is 0 Å². The summed E-state index contributed by atoms with van der Waals surface area (Å²) in [6.45, 7) is 8.47. The van der Waals surface area contributed by atoms with E-state index in [-0.39, 0.29) is 5.76 Å². The number of carbonyl (C=O) groups excluding carboxylic acids is 1. The lowest BCUT2D eigenvalue weighted by Gasteiger charge is -2.20. The standard InChI is InChI=1S/C15H24N2O3/c1-11(2)17-7-6-12(10-17)8-16-9-13-4-5-14(20-13)15(18)19-3/h4-5,11-12,16H,6-10H2,1-3H3. The largest absolute Gasteiger partial charge is 0.463 e. The Kier molecular flexibility index (Phi) is 5.20. The first-order chi connectivity index (χ1) is 9.60. The summed E-state index contributed by atoms with van der Waals surface area (Å²) in [6, 6.07) is 4.10. The van der Waals surface area contributed by atoms with Gasteiger partial charge in [-0.2, -0.15) is 0 Å². The third kappa shape index (κ3) is 3.84. The van der Waals surface area contributed by atoms with Crippen molar-refractivity contribution in [2.45, 2.75) is 32.9 Å². The number of furan rings is 1. The van der Waals surface area contributed by atoms with Crippen molar-refractivity contribution < 1.29 is 13.9 Å². The smallest absolute Gasteiger partial charge is 0.373 e. The van der Waals surface area contributed by atoms with Gasteiger partial charge in [0.05, 0.1) is 13.7 Å². The quantitative estimate of drug-likeness (QED) is 0.806. The van der Waals surface area contributed by atoms with E-state index in [9.17, 15) is 4.79 Å². The number of likely N-dealkylation sites (tertiary alicyclic amines) is 1. The Morgan fingerprint density at radius 2 is 2.35 bits per heavy atom. The van der Waals surface area contributed by atoms with Crippen molar-refractivity contribution in [3.8, 4) is 0 Å². The topological polar surface area (TPSA) is 54.7 Å². The zero-order valence-electron chi connectivity index (χ0n) is 12.5. The first-order valence-electron chi connectivity index (χ1n) is 7.22. The maximum atomic E-state index is 11.3. The van der Waals surface area contributed by atoms with Crippen LogP contribution < -0.4 is 5.32 Å². The molecule has 1 aliphatic rings. The summed E-state index contributed by atoms with van der Waals surface area (Å²) in [7, 11) is 1.35. The van der Waals surface area contributed by atoms with Crippen molar-refractivity contribution in [3.05, 3.63) is 23.7 Å². The molecular weight excluding hydrogens is 256 g/mol. The van der Waals surface area contributed by atoms with Gasteiger partial charge in [-0.3, -0.25) is 0 Å². The zero-order chi connectivity index (χ0) is 14.5. The van der Waals surface area contributed by atoms with Crippen LogP contribution in [0.5, 0.6) is 0 Å². The van der Waals surface area contributed by atoms with Crippen LogP contribution in [0, 0.1) is 5.92 Å². The second-order valence-electron chi connectivity index (χ2n) is 5.63. The molecule has 0 saturated carbocycles. The van der Waals surface area contributed by atoms with Crippen LogP contribution in [0.25, 0.3) is 0 Å². The molecule has 112 valence electrons. The van der Waals surface area contributed by atoms with E-state index in [1.807, 2.05) is 6.07 Å². The number of hydrogen-bond donors (Lipinski definition) is 1. The van der Waals surface area contributed by atoms with Crippen LogP contribution in [0.4, 0.5) is 0 Å². The van der Waals surface area contributed by atoms with Gasteiger partial charge in [-0.25, -0.2) is 4.79 Å². The summed E-state index contributed by atoms with van der Waals surface area (Å²) in [4.78, 5) is 13.8. The third-order valence-corrected chi connectivity index (χ3v) is 3.83. The summed E-state index contributed by atoms with van der Waals surface area (Å²) in [5, 5.41) is 3.40. The molecule has 1 aromatic heterocycles. The minimum absolute atomic E-state index is 0.260. The molecule has 1 N–H and O–H groups in total. The van der Waals surface area contributed by atoms with E-state index >= 15 is 0 Å². The number of rotatable bonds is 6. The van der Waals surface area contributed by atoms with E-state index in [4.69, 9.17) is 4.42 Å². The SMILES string of the molecule is COC(=O)c1ccc(CNCC2CCN(C(C)C)C2)o1. The first-order valence-corrected chi connectivity index (χ1v) is 7.22. The lowest BCUT2D eigenvalue weighted by Crippen LogP contribution is -2.30. The predicted molar refractivity (Wildman–Crippen MR) is 76.6 cm³/mol. The molecule has 2 heterocycles. The van der Waals surface area contributed by atoms with E-state index in [0.717, 1.165) is 18.8 Å². The predicted octanol–water partition coefficient (Wildman–Crippen LogP) is 1.89. The summed E-state index contributed by atoms with van der Waals surface area (Å²) in [5.74, 6) is 1.30. The molecule has 0 aliphatic carbocycles. The molecule has 1 aliphatic heterocycles. The van der Waals surface area contributed by atoms with Gasteiger partial charge < -0.3 is 19.4 Å². The maximum absolute atomic E-state index is 11.3. The number of nitrogens with one attached hydrogen (secondary N) is 1. The van der Waals surface area contributed by atoms with Crippen LogP contribution in [0.15, 0.2) is 16.5 Å². The van der Waals surface area contributed by atoms with Gasteiger partial charge in [-0.05, 0) is 51.4 Å². The van der Waals surface area contributed by atoms with Gasteiger partial charge in [0.1, 0.15) is 5.76 Å². The highest BCUT2D eigenvalue weighted by molar-refractivity contribution is 5.86. The van der Waals surface area contributed by atoms with Crippen LogP contribution in [-0.4, -0.2) is 43.7 Å². The van der Waals surface area contributed by atoms with E-state index in [1.54, 1.807) is 6.07 Å². The molecule has 1 saturated heterocycles. The van der Waals surface area contributed by atoms with Gasteiger partial charge in [0.25, 0.3) is 0 Å². The molecule has 1 aromatic rings. The fourth-order valence-corrected chi connectivity index (χ4v) is 2.58. The number of ether oxygens (including phenoxy) is 1. The summed E-state index contributed by atoms with van der Waals surface area (Å²) in [5.41, 5.74) is 0. The van der Waals surface area contributed by atoms with E-state index in [1.165, 1.54) is 20.1 Å². The van der Waals surface area contributed by atoms with E-state index in [2.05, 4.69) is 28.8 Å². The molecule has 0 amide bonds. The van der Waals surface area contributed by atoms with Gasteiger partial charge in [-0.1, -0.05) is 0 Å². The Hall–Kier alpha value is -1.33. The molecule has 20 heavy (non-hydrogen) atoms. The lowest BCUT2D eigenvalue weighted by atomic mass is 10.1. The number of esters is 1. The molecule has 1 unspecified atom stereocenters. The molecule has 0 spiro atoms. The summed E-state index contributed by atoms with van der Waals surface area (Å²) in [6.07, 6.45) is 1.25. The number of carbonyl (C=O) groups is 1. The summed E-state index contributed by atoms with van der Waals surface area (Å²) < 4.78 is 10.0. The lowest BCUT2D eigenvalue weighted by molar-refractivity contribution is 0.0563. The molecule has 0 radical (unpaired) electrons. The maximum Gasteiger partial charge on any atom is 0.373 e. The van der Waals surface area contributed by atoms with E-state index < -0.39 is 5.97 Å². The molecule has 2 rings (SSSR count). The van der Waals surface area contributed by atoms with Crippen LogP contribution in [0.3, 0.4) is 0 Å². The molecular formula is C15H24N2O3. The molecule has 5 nitrogen and oxygen atoms in total. The average molecular weight is 280 g/mol. The van der Waals surface area contributed by atoms with Crippen LogP contribution in [0.2, 0.25) is 0 Å². The van der Waals surface area contributed by atoms with Crippen molar-refractivity contribution in [3.63, 3.8) is 0 Å². The first kappa shape index (κ1) is 15.1. The molecule has 0 bridgehead atoms. The van der Waals surface area contributed by atoms with Gasteiger partial charge in [0.2, 0.25) is 5.76 Å². The fourth-order valence-electron chi connectivity index (χ4n) is 2.58. The minimum Gasteiger partial charge on any atom is -0.463 e. The Labute approximate surface area is 120 Å². The third-order valence-electron chi connectivity index (χ3n) is 3.83. The van der Waals surface area contributed by atoms with Crippen LogP contribution in [0.1, 0.15) is 36.6 Å². The van der Waals surface area contributed by atoms with E-state index in [0.29, 0.717) is 18.5 Å². The highest BCUT2D eigenvalue weighted by atomic mass is 16.5. The second kappa shape index (κ2) is 6.90. The van der Waals surface area contributed by atoms with Crippen molar-refractivity contribution in [1.29, 1.82) is 0 Å². The molecule has 5 heteroatoms. The highest BCUT2D eigenvalue weighted by Crippen LogP contribution is 2.18. The Morgan fingerprint density at radius 1 is 1.55 bits per heavy atom. The van der Waals surface area contributed by atoms with Crippen molar-refractivity contribution in [1.82, 2.24) is 10.2 Å². The Morgan fingerprint density at radius 3 is 3.00 bits per heavy atom. The molecule has 1 atom stereocenters. The Balaban J connectivity index is 1.71. The second-order valence-corrected chi connectivity index (χ2v) is 5.63. The zero-order valence-corrected chi connectivity index (χ0v) is 12.5. The minimum atomic E-state index is -0.431. The highest BCUT2D eigenvalue weighted by Gasteiger charge is 2.23. The van der Waals surface area contributed by atoms with Crippen molar-refractivity contribution in [2.75, 3.05) is 26.7 Å². The van der Waals surface area contributed by atoms with Crippen LogP contribution in [-0.2, 0) is 11.3 Å². The number of nitrogens with zero attached hydrogens (tertiary/aromatic N) is 1. The summed E-state index contributed by atoms with van der Waals surface area (Å²) >= 11 is 0. The average Bonchev–Trinajstić information content (AvgIpc) is 3.07. The van der Waals surface area contributed by atoms with Gasteiger partial charge in [0.15, 0.2) is 0 Å². The number of methoxy groups -OCH3 is 1. The fraction of sp³-hybridized carbons (Fsp3) is 0.667. The monoisotopic (exact) mass is 280 g/mol. The van der Waals surface area contributed by atoms with Crippen molar-refractivity contribution >= 4 is 5.97 Å². The van der Waals surface area contributed by atoms with Gasteiger partial charge in [0, 0.05) is 12.6 Å². The number of hydrogen-bond acceptors (Lipinski definition) is 5. The normalized spacial score (nSPS) is 19.7. The van der Waals surface area contributed by atoms with Gasteiger partial charge in [-0.15, -0.1) is 0 Å². The Bertz CT molecular complexity index is 442. The van der Waals surface area contributed by atoms with Crippen molar-refractivity contribution in [2.24, 2.45) is 5.92 Å². The molecule has 0 aromatic carbocycles. The molecule has 1 fully saturated rings.